The van der Waals surface area contributed by atoms with Gasteiger partial charge in [0.15, 0.2) is 0 Å². The Morgan fingerprint density at radius 3 is 2.56 bits per heavy atom. The maximum atomic E-state index is 9.02. The molecule has 0 heterocycles. The largest absolute Gasteiger partial charge is 0.496 e. The fourth-order valence-corrected chi connectivity index (χ4v) is 1.70. The van der Waals surface area contributed by atoms with E-state index in [2.05, 4.69) is 24.8 Å². The molecule has 0 amide bonds. The SMILES string of the molecule is COc1ccccc1CN(CCO)C(C)C. The van der Waals surface area contributed by atoms with Crippen LogP contribution in [0.4, 0.5) is 0 Å². The number of methoxy groups -OCH3 is 1. The van der Waals surface area contributed by atoms with E-state index < -0.39 is 0 Å². The van der Waals surface area contributed by atoms with Crippen molar-refractivity contribution in [2.24, 2.45) is 0 Å². The summed E-state index contributed by atoms with van der Waals surface area (Å²) >= 11 is 0. The smallest absolute Gasteiger partial charge is 0.123 e. The number of nitrogens with zero attached hydrogens (tertiary/aromatic N) is 1. The van der Waals surface area contributed by atoms with Crippen LogP contribution in [0.3, 0.4) is 0 Å². The summed E-state index contributed by atoms with van der Waals surface area (Å²) in [5.41, 5.74) is 1.16. The molecule has 0 saturated heterocycles. The summed E-state index contributed by atoms with van der Waals surface area (Å²) in [7, 11) is 1.69. The lowest BCUT2D eigenvalue weighted by Gasteiger charge is -2.26. The summed E-state index contributed by atoms with van der Waals surface area (Å²) in [5.74, 6) is 0.908. The topological polar surface area (TPSA) is 32.7 Å². The molecule has 1 N–H and O–H groups in total. The van der Waals surface area contributed by atoms with Crippen LogP contribution >= 0.6 is 0 Å². The Bertz CT molecular complexity index is 313. The molecule has 0 aliphatic rings. The van der Waals surface area contributed by atoms with Crippen molar-refractivity contribution in [2.45, 2.75) is 26.4 Å². The second-order valence-electron chi connectivity index (χ2n) is 4.10. The molecule has 0 saturated carbocycles. The Morgan fingerprint density at radius 1 is 1.31 bits per heavy atom. The lowest BCUT2D eigenvalue weighted by Crippen LogP contribution is -2.33. The minimum atomic E-state index is 0.188. The zero-order valence-corrected chi connectivity index (χ0v) is 10.3. The van der Waals surface area contributed by atoms with Crippen molar-refractivity contribution in [1.29, 1.82) is 0 Å². The van der Waals surface area contributed by atoms with E-state index in [1.54, 1.807) is 7.11 Å². The summed E-state index contributed by atoms with van der Waals surface area (Å²) in [6.45, 7) is 5.95. The summed E-state index contributed by atoms with van der Waals surface area (Å²) in [4.78, 5) is 2.22. The highest BCUT2D eigenvalue weighted by molar-refractivity contribution is 5.33. The quantitative estimate of drug-likeness (QED) is 0.799. The van der Waals surface area contributed by atoms with Crippen molar-refractivity contribution in [3.63, 3.8) is 0 Å². The van der Waals surface area contributed by atoms with Crippen LogP contribution in [0.2, 0.25) is 0 Å². The fraction of sp³-hybridized carbons (Fsp3) is 0.538. The number of hydrogen-bond donors (Lipinski definition) is 1. The van der Waals surface area contributed by atoms with E-state index in [0.717, 1.165) is 17.9 Å². The van der Waals surface area contributed by atoms with Crippen molar-refractivity contribution < 1.29 is 9.84 Å². The highest BCUT2D eigenvalue weighted by Crippen LogP contribution is 2.19. The molecule has 16 heavy (non-hydrogen) atoms. The molecule has 0 aliphatic heterocycles. The van der Waals surface area contributed by atoms with Gasteiger partial charge in [0.2, 0.25) is 0 Å². The van der Waals surface area contributed by atoms with Crippen LogP contribution in [0.5, 0.6) is 5.75 Å². The Labute approximate surface area is 97.7 Å². The molecule has 0 aromatic heterocycles. The van der Waals surface area contributed by atoms with Crippen LogP contribution < -0.4 is 4.74 Å². The number of benzene rings is 1. The molecule has 90 valence electrons. The third kappa shape index (κ3) is 3.51. The summed E-state index contributed by atoms with van der Waals surface area (Å²) in [5, 5.41) is 9.02. The van der Waals surface area contributed by atoms with Gasteiger partial charge in [0.05, 0.1) is 13.7 Å². The Balaban J connectivity index is 2.76. The molecule has 3 heteroatoms. The molecule has 0 atom stereocenters. The lowest BCUT2D eigenvalue weighted by atomic mass is 10.1. The molecular weight excluding hydrogens is 202 g/mol. The van der Waals surface area contributed by atoms with Crippen molar-refractivity contribution in [3.05, 3.63) is 29.8 Å². The lowest BCUT2D eigenvalue weighted by molar-refractivity contribution is 0.158. The van der Waals surface area contributed by atoms with E-state index >= 15 is 0 Å². The van der Waals surface area contributed by atoms with Gasteiger partial charge >= 0.3 is 0 Å². The van der Waals surface area contributed by atoms with Gasteiger partial charge in [-0.1, -0.05) is 18.2 Å². The van der Waals surface area contributed by atoms with Gasteiger partial charge in [-0.25, -0.2) is 0 Å². The predicted molar refractivity (Wildman–Crippen MR) is 65.6 cm³/mol. The monoisotopic (exact) mass is 223 g/mol. The first-order valence-corrected chi connectivity index (χ1v) is 5.65. The third-order valence-electron chi connectivity index (χ3n) is 2.68. The van der Waals surface area contributed by atoms with Gasteiger partial charge in [-0.15, -0.1) is 0 Å². The van der Waals surface area contributed by atoms with Gasteiger partial charge < -0.3 is 9.84 Å². The van der Waals surface area contributed by atoms with E-state index in [1.807, 2.05) is 18.2 Å². The molecule has 3 nitrogen and oxygen atoms in total. The zero-order valence-electron chi connectivity index (χ0n) is 10.3. The van der Waals surface area contributed by atoms with Crippen LogP contribution in [0.25, 0.3) is 0 Å². The first-order chi connectivity index (χ1) is 7.69. The van der Waals surface area contributed by atoms with Crippen molar-refractivity contribution in [1.82, 2.24) is 4.90 Å². The highest BCUT2D eigenvalue weighted by atomic mass is 16.5. The Hall–Kier alpha value is -1.06. The molecule has 0 radical (unpaired) electrons. The van der Waals surface area contributed by atoms with Crippen LogP contribution in [0.15, 0.2) is 24.3 Å². The molecular formula is C13H21NO2. The number of hydrogen-bond acceptors (Lipinski definition) is 3. The van der Waals surface area contributed by atoms with Crippen LogP contribution in [0, 0.1) is 0 Å². The molecule has 0 bridgehead atoms. The van der Waals surface area contributed by atoms with E-state index in [1.165, 1.54) is 0 Å². The minimum absolute atomic E-state index is 0.188. The Kier molecular flexibility index (Phi) is 5.29. The second-order valence-corrected chi connectivity index (χ2v) is 4.10. The summed E-state index contributed by atoms with van der Waals surface area (Å²) in [6.07, 6.45) is 0. The van der Waals surface area contributed by atoms with Crippen LogP contribution in [-0.2, 0) is 6.54 Å². The molecule has 0 fully saturated rings. The summed E-state index contributed by atoms with van der Waals surface area (Å²) < 4.78 is 5.31. The number of ether oxygens (including phenoxy) is 1. The molecule has 1 rings (SSSR count). The average Bonchev–Trinajstić information content (AvgIpc) is 2.29. The highest BCUT2D eigenvalue weighted by Gasteiger charge is 2.11. The molecule has 0 aliphatic carbocycles. The van der Waals surface area contributed by atoms with Gasteiger partial charge in [0.1, 0.15) is 5.75 Å². The fourth-order valence-electron chi connectivity index (χ4n) is 1.70. The molecule has 1 aromatic carbocycles. The van der Waals surface area contributed by atoms with Gasteiger partial charge in [-0.3, -0.25) is 4.90 Å². The number of rotatable bonds is 6. The maximum absolute atomic E-state index is 9.02. The first kappa shape index (κ1) is 13.0. The third-order valence-corrected chi connectivity index (χ3v) is 2.68. The number of aliphatic hydroxyl groups is 1. The van der Waals surface area contributed by atoms with Crippen LogP contribution in [-0.4, -0.2) is 36.3 Å². The maximum Gasteiger partial charge on any atom is 0.123 e. The van der Waals surface area contributed by atoms with Gasteiger partial charge in [-0.2, -0.15) is 0 Å². The van der Waals surface area contributed by atoms with E-state index in [-0.39, 0.29) is 6.61 Å². The van der Waals surface area contributed by atoms with Crippen LogP contribution in [0.1, 0.15) is 19.4 Å². The van der Waals surface area contributed by atoms with E-state index in [4.69, 9.17) is 9.84 Å². The minimum Gasteiger partial charge on any atom is -0.496 e. The van der Waals surface area contributed by atoms with Crippen molar-refractivity contribution in [2.75, 3.05) is 20.3 Å². The van der Waals surface area contributed by atoms with E-state index in [0.29, 0.717) is 12.6 Å². The molecule has 0 unspecified atom stereocenters. The second kappa shape index (κ2) is 6.51. The van der Waals surface area contributed by atoms with Crippen molar-refractivity contribution in [3.8, 4) is 5.75 Å². The zero-order chi connectivity index (χ0) is 12.0. The average molecular weight is 223 g/mol. The van der Waals surface area contributed by atoms with Gasteiger partial charge in [-0.05, 0) is 19.9 Å². The summed E-state index contributed by atoms with van der Waals surface area (Å²) in [6, 6.07) is 8.42. The first-order valence-electron chi connectivity index (χ1n) is 5.65. The number of aliphatic hydroxyl groups excluding tert-OH is 1. The van der Waals surface area contributed by atoms with Gasteiger partial charge in [0, 0.05) is 24.7 Å². The van der Waals surface area contributed by atoms with Crippen molar-refractivity contribution >= 4 is 0 Å². The molecule has 1 aromatic rings. The van der Waals surface area contributed by atoms with E-state index in [9.17, 15) is 0 Å². The van der Waals surface area contributed by atoms with Gasteiger partial charge in [0.25, 0.3) is 0 Å². The number of para-hydroxylation sites is 1. The standard InChI is InChI=1S/C13H21NO2/c1-11(2)14(8-9-15)10-12-6-4-5-7-13(12)16-3/h4-7,11,15H,8-10H2,1-3H3. The predicted octanol–water partition coefficient (Wildman–Crippen LogP) is 1.90. The Morgan fingerprint density at radius 2 is 2.00 bits per heavy atom. The molecule has 0 spiro atoms. The normalized spacial score (nSPS) is 11.1.